The van der Waals surface area contributed by atoms with E-state index < -0.39 is 34.6 Å². The van der Waals surface area contributed by atoms with E-state index in [1.807, 2.05) is 0 Å². The first-order chi connectivity index (χ1) is 9.93. The van der Waals surface area contributed by atoms with Crippen molar-refractivity contribution in [2.24, 2.45) is 0 Å². The SMILES string of the molecule is Fc1c(F)c(F)c(C2=Cc3ccccc3[CH]2[Hf+2])c(F)c1F.[Cl-].[Cl-]. The summed E-state index contributed by atoms with van der Waals surface area (Å²) in [5.41, 5.74) is 0.929. The van der Waals surface area contributed by atoms with Crippen LogP contribution in [0.15, 0.2) is 24.3 Å². The van der Waals surface area contributed by atoms with Crippen LogP contribution in [0.4, 0.5) is 22.0 Å². The number of benzene rings is 2. The zero-order chi connectivity index (χ0) is 15.3. The van der Waals surface area contributed by atoms with Crippen molar-refractivity contribution >= 4 is 11.6 Å². The largest absolute Gasteiger partial charge is 1.00 e. The van der Waals surface area contributed by atoms with Crippen LogP contribution in [0.5, 0.6) is 0 Å². The van der Waals surface area contributed by atoms with E-state index in [9.17, 15) is 22.0 Å². The monoisotopic (exact) mass is 531 g/mol. The second-order valence-electron chi connectivity index (χ2n) is 4.61. The average Bonchev–Trinajstić information content (AvgIpc) is 2.81. The topological polar surface area (TPSA) is 0 Å². The number of allylic oxidation sites excluding steroid dienone is 1. The molecule has 0 saturated carbocycles. The van der Waals surface area contributed by atoms with Gasteiger partial charge in [0.25, 0.3) is 0 Å². The Hall–Kier alpha value is -0.720. The van der Waals surface area contributed by atoms with Gasteiger partial charge in [-0.05, 0) is 0 Å². The molecular formula is C15H6Cl2F5Hf. The maximum absolute atomic E-state index is 13.9. The third kappa shape index (κ3) is 3.13. The third-order valence-corrected chi connectivity index (χ3v) is 5.66. The van der Waals surface area contributed by atoms with E-state index in [0.717, 1.165) is 11.1 Å². The summed E-state index contributed by atoms with van der Waals surface area (Å²) < 4.78 is 67.3. The molecular weight excluding hydrogens is 525 g/mol. The molecule has 0 N–H and O–H groups in total. The van der Waals surface area contributed by atoms with Crippen LogP contribution in [0.25, 0.3) is 11.6 Å². The number of halogens is 7. The van der Waals surface area contributed by atoms with E-state index in [1.165, 1.54) is 6.08 Å². The zero-order valence-electron chi connectivity index (χ0n) is 11.1. The molecule has 0 heterocycles. The smallest absolute Gasteiger partial charge is 1.00 e. The summed E-state index contributed by atoms with van der Waals surface area (Å²) in [4.78, 5) is 0. The maximum atomic E-state index is 13.9. The average molecular weight is 531 g/mol. The minimum atomic E-state index is -2.13. The molecule has 3 rings (SSSR count). The first-order valence-electron chi connectivity index (χ1n) is 5.97. The summed E-state index contributed by atoms with van der Waals surface area (Å²) >= 11 is 0.497. The first-order valence-corrected chi connectivity index (χ1v) is 8.04. The van der Waals surface area contributed by atoms with Gasteiger partial charge in [-0.15, -0.1) is 0 Å². The standard InChI is InChI=1S/C15H6F5.2ClH.Hf/c16-11-10(12(17)14(19)15(20)13(11)18)9-5-7-3-1-2-4-8(7)6-9;;;/h1-6H;2*1H;/q;;;+2/p-2. The third-order valence-electron chi connectivity index (χ3n) is 3.43. The summed E-state index contributed by atoms with van der Waals surface area (Å²) in [6.45, 7) is 0. The first kappa shape index (κ1) is 20.3. The normalized spacial score (nSPS) is 15.4. The predicted octanol–water partition coefficient (Wildman–Crippen LogP) is -1.47. The summed E-state index contributed by atoms with van der Waals surface area (Å²) in [5, 5.41) is 0. The van der Waals surface area contributed by atoms with Crippen LogP contribution in [-0.4, -0.2) is 0 Å². The Morgan fingerprint density at radius 2 is 1.22 bits per heavy atom. The number of hydrogen-bond donors (Lipinski definition) is 0. The van der Waals surface area contributed by atoms with E-state index in [-0.39, 0.29) is 34.1 Å². The van der Waals surface area contributed by atoms with Crippen LogP contribution >= 0.6 is 0 Å². The summed E-state index contributed by atoms with van der Waals surface area (Å²) in [6.07, 6.45) is 1.49. The second-order valence-corrected chi connectivity index (χ2v) is 6.68. The van der Waals surface area contributed by atoms with E-state index in [4.69, 9.17) is 0 Å². The van der Waals surface area contributed by atoms with Gasteiger partial charge in [0.15, 0.2) is 0 Å². The van der Waals surface area contributed by atoms with Crippen molar-refractivity contribution in [1.29, 1.82) is 0 Å². The van der Waals surface area contributed by atoms with Gasteiger partial charge in [0.1, 0.15) is 0 Å². The molecule has 0 aliphatic heterocycles. The molecule has 0 nitrogen and oxygen atoms in total. The van der Waals surface area contributed by atoms with Crippen molar-refractivity contribution < 1.29 is 71.1 Å². The van der Waals surface area contributed by atoms with Crippen molar-refractivity contribution in [3.05, 3.63) is 70.0 Å². The molecule has 0 saturated heterocycles. The Balaban J connectivity index is 0.00000132. The van der Waals surface area contributed by atoms with Gasteiger partial charge in [-0.2, -0.15) is 0 Å². The van der Waals surface area contributed by atoms with Crippen LogP contribution in [-0.2, 0) is 24.4 Å². The maximum Gasteiger partial charge on any atom is -1.00 e. The van der Waals surface area contributed by atoms with E-state index in [1.54, 1.807) is 24.3 Å². The summed E-state index contributed by atoms with van der Waals surface area (Å²) in [7, 11) is 0. The Kier molecular flexibility index (Phi) is 6.58. The quantitative estimate of drug-likeness (QED) is 0.183. The minimum absolute atomic E-state index is 0. The van der Waals surface area contributed by atoms with Gasteiger partial charge in [0.05, 0.1) is 0 Å². The zero-order valence-corrected chi connectivity index (χ0v) is 16.2. The van der Waals surface area contributed by atoms with Crippen molar-refractivity contribution in [3.8, 4) is 0 Å². The van der Waals surface area contributed by atoms with Crippen LogP contribution in [0.3, 0.4) is 0 Å². The number of fused-ring (bicyclic) bond motifs is 1. The molecule has 1 unspecified atom stereocenters. The van der Waals surface area contributed by atoms with Gasteiger partial charge >= 0.3 is 132 Å². The molecule has 0 spiro atoms. The van der Waals surface area contributed by atoms with Crippen LogP contribution < -0.4 is 24.8 Å². The Labute approximate surface area is 156 Å². The Morgan fingerprint density at radius 1 is 0.739 bits per heavy atom. The molecule has 119 valence electrons. The molecule has 2 aromatic carbocycles. The van der Waals surface area contributed by atoms with Gasteiger partial charge in [-0.25, -0.2) is 0 Å². The molecule has 0 bridgehead atoms. The van der Waals surface area contributed by atoms with E-state index >= 15 is 0 Å². The Morgan fingerprint density at radius 3 is 1.74 bits per heavy atom. The molecule has 0 fully saturated rings. The van der Waals surface area contributed by atoms with E-state index in [2.05, 4.69) is 0 Å². The fraction of sp³-hybridized carbons (Fsp3) is 0.0667. The number of rotatable bonds is 1. The van der Waals surface area contributed by atoms with Gasteiger partial charge in [0, 0.05) is 0 Å². The van der Waals surface area contributed by atoms with Crippen molar-refractivity contribution in [1.82, 2.24) is 0 Å². The molecule has 0 amide bonds. The minimum Gasteiger partial charge on any atom is -1.00 e. The summed E-state index contributed by atoms with van der Waals surface area (Å²) in [5.74, 6) is -9.49. The van der Waals surface area contributed by atoms with Crippen LogP contribution in [0, 0.1) is 29.1 Å². The Bertz CT molecular complexity index is 763. The van der Waals surface area contributed by atoms with Crippen molar-refractivity contribution in [2.75, 3.05) is 0 Å². The van der Waals surface area contributed by atoms with Gasteiger partial charge in [0.2, 0.25) is 0 Å². The fourth-order valence-corrected chi connectivity index (χ4v) is 4.16. The van der Waals surface area contributed by atoms with Crippen molar-refractivity contribution in [2.45, 2.75) is 3.67 Å². The van der Waals surface area contributed by atoms with Gasteiger partial charge in [-0.1, -0.05) is 0 Å². The number of hydrogen-bond acceptors (Lipinski definition) is 0. The van der Waals surface area contributed by atoms with Crippen molar-refractivity contribution in [3.63, 3.8) is 0 Å². The van der Waals surface area contributed by atoms with Gasteiger partial charge in [-0.3, -0.25) is 0 Å². The van der Waals surface area contributed by atoms with Crippen LogP contribution in [0.2, 0.25) is 0 Å². The molecule has 1 aliphatic rings. The summed E-state index contributed by atoms with van der Waals surface area (Å²) in [6, 6.07) is 7.08. The molecule has 23 heavy (non-hydrogen) atoms. The molecule has 1 atom stereocenters. The van der Waals surface area contributed by atoms with Gasteiger partial charge < -0.3 is 24.8 Å². The van der Waals surface area contributed by atoms with Crippen LogP contribution in [0.1, 0.15) is 20.4 Å². The molecule has 0 radical (unpaired) electrons. The van der Waals surface area contributed by atoms with E-state index in [0.29, 0.717) is 24.4 Å². The predicted molar refractivity (Wildman–Crippen MR) is 63.3 cm³/mol. The molecule has 1 aliphatic carbocycles. The molecule has 0 aromatic heterocycles. The second kappa shape index (κ2) is 7.45. The molecule has 2 aromatic rings. The molecule has 8 heteroatoms. The fourth-order valence-electron chi connectivity index (χ4n) is 2.40.